The van der Waals surface area contributed by atoms with Crippen LogP contribution >= 0.6 is 38.5 Å². The van der Waals surface area contributed by atoms with Gasteiger partial charge in [0, 0.05) is 14.6 Å². The molecule has 1 saturated heterocycles. The van der Waals surface area contributed by atoms with Crippen molar-refractivity contribution in [2.24, 2.45) is 5.92 Å². The largest absolute Gasteiger partial charge is 0.481 e. The zero-order valence-electron chi connectivity index (χ0n) is 11.4. The number of hydrogen-bond donors (Lipinski definition) is 1. The van der Waals surface area contributed by atoms with E-state index >= 15 is 0 Å². The lowest BCUT2D eigenvalue weighted by Gasteiger charge is -2.29. The quantitative estimate of drug-likeness (QED) is 0.691. The third-order valence-electron chi connectivity index (χ3n) is 3.53. The highest BCUT2D eigenvalue weighted by atomic mass is 127. The molecule has 1 heterocycles. The molecule has 1 fully saturated rings. The lowest BCUT2D eigenvalue weighted by molar-refractivity contribution is -0.142. The van der Waals surface area contributed by atoms with E-state index in [4.69, 9.17) is 4.74 Å². The van der Waals surface area contributed by atoms with Crippen molar-refractivity contribution < 1.29 is 19.4 Å². The molecule has 1 aliphatic heterocycles. The summed E-state index contributed by atoms with van der Waals surface area (Å²) >= 11 is 5.47. The van der Waals surface area contributed by atoms with Crippen molar-refractivity contribution in [3.05, 3.63) is 31.8 Å². The SMILES string of the molecule is CCN(C(=O)c1cc(Br)ccc1I)C1COCC1C(=O)O. The van der Waals surface area contributed by atoms with Gasteiger partial charge in [0.2, 0.25) is 0 Å². The molecule has 0 aromatic heterocycles. The van der Waals surface area contributed by atoms with Crippen LogP contribution in [0.15, 0.2) is 22.7 Å². The monoisotopic (exact) mass is 467 g/mol. The molecule has 2 atom stereocenters. The number of aliphatic carboxylic acids is 1. The summed E-state index contributed by atoms with van der Waals surface area (Å²) in [6.07, 6.45) is 0. The van der Waals surface area contributed by atoms with Crippen LogP contribution in [0.3, 0.4) is 0 Å². The van der Waals surface area contributed by atoms with E-state index in [-0.39, 0.29) is 19.1 Å². The first-order valence-electron chi connectivity index (χ1n) is 6.52. The van der Waals surface area contributed by atoms with Crippen LogP contribution in [-0.4, -0.2) is 47.7 Å². The standard InChI is InChI=1S/C14H15BrINO4/c1-2-17(12-7-21-6-10(12)14(19)20)13(18)9-5-8(15)3-4-11(9)16/h3-5,10,12H,2,6-7H2,1H3,(H,19,20). The van der Waals surface area contributed by atoms with Gasteiger partial charge in [-0.1, -0.05) is 15.9 Å². The van der Waals surface area contributed by atoms with Gasteiger partial charge in [-0.25, -0.2) is 0 Å². The third kappa shape index (κ3) is 3.57. The minimum atomic E-state index is -0.923. The molecule has 0 saturated carbocycles. The lowest BCUT2D eigenvalue weighted by Crippen LogP contribution is -2.46. The number of carbonyl (C=O) groups excluding carboxylic acids is 1. The van der Waals surface area contributed by atoms with Crippen LogP contribution in [0.2, 0.25) is 0 Å². The highest BCUT2D eigenvalue weighted by Crippen LogP contribution is 2.25. The number of halogens is 2. The zero-order chi connectivity index (χ0) is 15.6. The minimum absolute atomic E-state index is 0.152. The molecule has 1 aliphatic rings. The Bertz CT molecular complexity index is 566. The fourth-order valence-electron chi connectivity index (χ4n) is 2.43. The topological polar surface area (TPSA) is 66.8 Å². The van der Waals surface area contributed by atoms with Gasteiger partial charge in [0.05, 0.1) is 24.8 Å². The molecule has 7 heteroatoms. The number of rotatable bonds is 4. The summed E-state index contributed by atoms with van der Waals surface area (Å²) < 4.78 is 6.93. The van der Waals surface area contributed by atoms with E-state index in [2.05, 4.69) is 38.5 Å². The average Bonchev–Trinajstić information content (AvgIpc) is 2.91. The van der Waals surface area contributed by atoms with Crippen molar-refractivity contribution in [1.82, 2.24) is 4.90 Å². The summed E-state index contributed by atoms with van der Waals surface area (Å²) in [6.45, 7) is 2.71. The third-order valence-corrected chi connectivity index (χ3v) is 4.96. The van der Waals surface area contributed by atoms with Gasteiger partial charge in [-0.2, -0.15) is 0 Å². The van der Waals surface area contributed by atoms with Crippen molar-refractivity contribution in [2.45, 2.75) is 13.0 Å². The van der Waals surface area contributed by atoms with Crippen LogP contribution in [0, 0.1) is 9.49 Å². The number of hydrogen-bond acceptors (Lipinski definition) is 3. The molecule has 5 nitrogen and oxygen atoms in total. The molecule has 1 aromatic carbocycles. The lowest BCUT2D eigenvalue weighted by atomic mass is 10.0. The fraction of sp³-hybridized carbons (Fsp3) is 0.429. The molecule has 0 radical (unpaired) electrons. The van der Waals surface area contributed by atoms with E-state index < -0.39 is 17.9 Å². The van der Waals surface area contributed by atoms with Gasteiger partial charge in [0.15, 0.2) is 0 Å². The van der Waals surface area contributed by atoms with Crippen molar-refractivity contribution >= 4 is 50.4 Å². The Morgan fingerprint density at radius 3 is 2.81 bits per heavy atom. The maximum Gasteiger partial charge on any atom is 0.311 e. The summed E-state index contributed by atoms with van der Waals surface area (Å²) in [4.78, 5) is 25.6. The normalized spacial score (nSPS) is 21.3. The van der Waals surface area contributed by atoms with E-state index in [0.29, 0.717) is 12.1 Å². The molecular formula is C14H15BrINO4. The van der Waals surface area contributed by atoms with E-state index in [1.165, 1.54) is 0 Å². The minimum Gasteiger partial charge on any atom is -0.481 e. The number of likely N-dealkylation sites (N-methyl/N-ethyl adjacent to an activating group) is 1. The predicted molar refractivity (Wildman–Crippen MR) is 89.3 cm³/mol. The van der Waals surface area contributed by atoms with Crippen LogP contribution in [0.4, 0.5) is 0 Å². The number of carboxylic acids is 1. The number of carboxylic acid groups (broad SMARTS) is 1. The Hall–Kier alpha value is -0.670. The van der Waals surface area contributed by atoms with Crippen molar-refractivity contribution in [3.8, 4) is 0 Å². The number of amides is 1. The predicted octanol–water partition coefficient (Wildman–Crippen LogP) is 2.62. The number of nitrogens with zero attached hydrogens (tertiary/aromatic N) is 1. The summed E-state index contributed by atoms with van der Waals surface area (Å²) in [7, 11) is 0. The number of benzene rings is 1. The molecule has 1 aromatic rings. The van der Waals surface area contributed by atoms with E-state index in [1.54, 1.807) is 11.0 Å². The maximum absolute atomic E-state index is 12.8. The van der Waals surface area contributed by atoms with Crippen molar-refractivity contribution in [1.29, 1.82) is 0 Å². The molecule has 2 unspecified atom stereocenters. The molecule has 0 aliphatic carbocycles. The molecule has 21 heavy (non-hydrogen) atoms. The fourth-order valence-corrected chi connectivity index (χ4v) is 3.36. The Morgan fingerprint density at radius 2 is 2.19 bits per heavy atom. The molecule has 1 N–H and O–H groups in total. The second-order valence-corrected chi connectivity index (χ2v) is 6.84. The second-order valence-electron chi connectivity index (χ2n) is 4.76. The summed E-state index contributed by atoms with van der Waals surface area (Å²) in [6, 6.07) is 5.06. The zero-order valence-corrected chi connectivity index (χ0v) is 15.1. The van der Waals surface area contributed by atoms with Crippen LogP contribution < -0.4 is 0 Å². The van der Waals surface area contributed by atoms with Gasteiger partial charge < -0.3 is 14.7 Å². The highest BCUT2D eigenvalue weighted by Gasteiger charge is 2.39. The smallest absolute Gasteiger partial charge is 0.311 e. The van der Waals surface area contributed by atoms with E-state index in [0.717, 1.165) is 8.04 Å². The Balaban J connectivity index is 2.30. The van der Waals surface area contributed by atoms with Gasteiger partial charge in [0.1, 0.15) is 5.92 Å². The van der Waals surface area contributed by atoms with Crippen molar-refractivity contribution in [3.63, 3.8) is 0 Å². The highest BCUT2D eigenvalue weighted by molar-refractivity contribution is 14.1. The van der Waals surface area contributed by atoms with Gasteiger partial charge in [-0.05, 0) is 47.7 Å². The second kappa shape index (κ2) is 7.06. The molecule has 1 amide bonds. The summed E-state index contributed by atoms with van der Waals surface area (Å²) in [5, 5.41) is 9.25. The van der Waals surface area contributed by atoms with E-state index in [1.807, 2.05) is 19.1 Å². The molecule has 0 bridgehead atoms. The van der Waals surface area contributed by atoms with Crippen LogP contribution in [0.25, 0.3) is 0 Å². The van der Waals surface area contributed by atoms with Gasteiger partial charge in [0.25, 0.3) is 5.91 Å². The Labute approximate surface area is 144 Å². The van der Waals surface area contributed by atoms with E-state index in [9.17, 15) is 14.7 Å². The first-order chi connectivity index (χ1) is 9.95. The first kappa shape index (κ1) is 16.7. The molecule has 0 spiro atoms. The van der Waals surface area contributed by atoms with Crippen molar-refractivity contribution in [2.75, 3.05) is 19.8 Å². The van der Waals surface area contributed by atoms with Crippen LogP contribution in [0.1, 0.15) is 17.3 Å². The first-order valence-corrected chi connectivity index (χ1v) is 8.39. The summed E-state index contributed by atoms with van der Waals surface area (Å²) in [5.74, 6) is -1.75. The summed E-state index contributed by atoms with van der Waals surface area (Å²) in [5.41, 5.74) is 0.572. The van der Waals surface area contributed by atoms with Gasteiger partial charge >= 0.3 is 5.97 Å². The Morgan fingerprint density at radius 1 is 1.48 bits per heavy atom. The maximum atomic E-state index is 12.8. The van der Waals surface area contributed by atoms with Gasteiger partial charge in [-0.15, -0.1) is 0 Å². The molecule has 2 rings (SSSR count). The van der Waals surface area contributed by atoms with Crippen LogP contribution in [0.5, 0.6) is 0 Å². The molecular weight excluding hydrogens is 453 g/mol. The average molecular weight is 468 g/mol. The Kier molecular flexibility index (Phi) is 5.61. The van der Waals surface area contributed by atoms with Crippen LogP contribution in [-0.2, 0) is 9.53 Å². The molecule has 114 valence electrons. The van der Waals surface area contributed by atoms with Gasteiger partial charge in [-0.3, -0.25) is 9.59 Å². The number of ether oxygens (including phenoxy) is 1. The number of carbonyl (C=O) groups is 2.